The molecule has 0 radical (unpaired) electrons. The van der Waals surface area contributed by atoms with Crippen LogP contribution < -0.4 is 5.32 Å². The number of thioether (sulfide) groups is 1. The summed E-state index contributed by atoms with van der Waals surface area (Å²) in [5.74, 6) is -3.18. The van der Waals surface area contributed by atoms with Crippen LogP contribution >= 0.6 is 11.8 Å². The molecule has 1 saturated heterocycles. The summed E-state index contributed by atoms with van der Waals surface area (Å²) in [5.41, 5.74) is 0.397. The minimum atomic E-state index is -3.71. The maximum Gasteiger partial charge on any atom is 0.288 e. The molecule has 1 amide bonds. The predicted octanol–water partition coefficient (Wildman–Crippen LogP) is 4.82. The molecule has 1 atom stereocenters. The number of nitrogens with one attached hydrogen (secondary N) is 1. The summed E-state index contributed by atoms with van der Waals surface area (Å²) in [6.45, 7) is 2.34. The van der Waals surface area contributed by atoms with Crippen LogP contribution in [0.25, 0.3) is 0 Å². The largest absolute Gasteiger partial charge is 0.321 e. The number of piperidine rings is 1. The molecule has 0 aliphatic carbocycles. The maximum absolute atomic E-state index is 13.0. The van der Waals surface area contributed by atoms with Crippen molar-refractivity contribution in [3.63, 3.8) is 0 Å². The second-order valence-corrected chi connectivity index (χ2v) is 9.74. The smallest absolute Gasteiger partial charge is 0.288 e. The van der Waals surface area contributed by atoms with Gasteiger partial charge in [-0.3, -0.25) is 4.79 Å². The Morgan fingerprint density at radius 3 is 2.66 bits per heavy atom. The third kappa shape index (κ3) is 5.15. The molecule has 0 saturated carbocycles. The van der Waals surface area contributed by atoms with Crippen molar-refractivity contribution in [2.45, 2.75) is 47.8 Å². The Morgan fingerprint density at radius 2 is 1.93 bits per heavy atom. The van der Waals surface area contributed by atoms with Gasteiger partial charge in [-0.2, -0.15) is 13.1 Å². The van der Waals surface area contributed by atoms with Gasteiger partial charge < -0.3 is 5.32 Å². The zero-order chi connectivity index (χ0) is 21.0. The molecule has 3 rings (SSSR count). The SMILES string of the molecule is CC1CCCCN1S(=O)(=O)c1cccc(C(=O)Nc2ccccc2SC(F)F)c1. The maximum atomic E-state index is 13.0. The Bertz CT molecular complexity index is 983. The number of sulfonamides is 1. The molecule has 5 nitrogen and oxygen atoms in total. The number of para-hydroxylation sites is 1. The van der Waals surface area contributed by atoms with Crippen molar-refractivity contribution in [2.24, 2.45) is 0 Å². The second kappa shape index (κ2) is 9.23. The predicted molar refractivity (Wildman–Crippen MR) is 110 cm³/mol. The van der Waals surface area contributed by atoms with Crippen LogP contribution in [0.15, 0.2) is 58.3 Å². The minimum Gasteiger partial charge on any atom is -0.321 e. The van der Waals surface area contributed by atoms with E-state index in [1.54, 1.807) is 12.1 Å². The van der Waals surface area contributed by atoms with Gasteiger partial charge in [-0.15, -0.1) is 0 Å². The number of nitrogens with zero attached hydrogens (tertiary/aromatic N) is 1. The van der Waals surface area contributed by atoms with Gasteiger partial charge in [0.05, 0.1) is 10.6 Å². The van der Waals surface area contributed by atoms with E-state index in [-0.39, 0.29) is 27.1 Å². The normalized spacial score (nSPS) is 18.0. The Kier molecular flexibility index (Phi) is 6.92. The minimum absolute atomic E-state index is 0.0501. The Hall–Kier alpha value is -1.97. The number of hydrogen-bond acceptors (Lipinski definition) is 4. The third-order valence-electron chi connectivity index (χ3n) is 4.80. The van der Waals surface area contributed by atoms with Gasteiger partial charge in [0.2, 0.25) is 10.0 Å². The molecule has 1 unspecified atom stereocenters. The third-order valence-corrected chi connectivity index (χ3v) is 7.59. The summed E-state index contributed by atoms with van der Waals surface area (Å²) in [5, 5.41) is 2.60. The van der Waals surface area contributed by atoms with Crippen molar-refractivity contribution in [3.05, 3.63) is 54.1 Å². The van der Waals surface area contributed by atoms with Crippen LogP contribution in [-0.4, -0.2) is 37.0 Å². The summed E-state index contributed by atoms with van der Waals surface area (Å²) in [7, 11) is -3.71. The summed E-state index contributed by atoms with van der Waals surface area (Å²) in [6.07, 6.45) is 2.60. The van der Waals surface area contributed by atoms with Crippen molar-refractivity contribution in [1.82, 2.24) is 4.31 Å². The first-order valence-corrected chi connectivity index (χ1v) is 11.6. The zero-order valence-corrected chi connectivity index (χ0v) is 17.5. The summed E-state index contributed by atoms with van der Waals surface area (Å²) in [6, 6.07) is 12.0. The van der Waals surface area contributed by atoms with Gasteiger partial charge in [-0.25, -0.2) is 8.42 Å². The fourth-order valence-corrected chi connectivity index (χ4v) is 5.67. The van der Waals surface area contributed by atoms with Gasteiger partial charge in [0.15, 0.2) is 0 Å². The fraction of sp³-hybridized carbons (Fsp3) is 0.350. The van der Waals surface area contributed by atoms with E-state index in [0.29, 0.717) is 18.3 Å². The van der Waals surface area contributed by atoms with Crippen molar-refractivity contribution in [1.29, 1.82) is 0 Å². The average molecular weight is 441 g/mol. The Labute approximate surface area is 173 Å². The number of benzene rings is 2. The molecule has 1 aliphatic heterocycles. The molecular weight excluding hydrogens is 418 g/mol. The first-order chi connectivity index (χ1) is 13.8. The lowest BCUT2D eigenvalue weighted by Crippen LogP contribution is -2.41. The Morgan fingerprint density at radius 1 is 1.17 bits per heavy atom. The van der Waals surface area contributed by atoms with Gasteiger partial charge in [0, 0.05) is 23.0 Å². The van der Waals surface area contributed by atoms with E-state index >= 15 is 0 Å². The molecule has 1 N–H and O–H groups in total. The lowest BCUT2D eigenvalue weighted by atomic mass is 10.1. The number of anilines is 1. The van der Waals surface area contributed by atoms with Crippen molar-refractivity contribution in [3.8, 4) is 0 Å². The van der Waals surface area contributed by atoms with E-state index in [0.717, 1.165) is 19.3 Å². The van der Waals surface area contributed by atoms with Crippen LogP contribution in [-0.2, 0) is 10.0 Å². The van der Waals surface area contributed by atoms with Crippen molar-refractivity contribution < 1.29 is 22.0 Å². The highest BCUT2D eigenvalue weighted by atomic mass is 32.2. The second-order valence-electron chi connectivity index (χ2n) is 6.82. The number of carbonyl (C=O) groups excluding carboxylic acids is 1. The lowest BCUT2D eigenvalue weighted by molar-refractivity contribution is 0.102. The highest BCUT2D eigenvalue weighted by Gasteiger charge is 2.31. The average Bonchev–Trinajstić information content (AvgIpc) is 2.69. The number of amides is 1. The van der Waals surface area contributed by atoms with Crippen LogP contribution in [0.1, 0.15) is 36.5 Å². The molecule has 29 heavy (non-hydrogen) atoms. The van der Waals surface area contributed by atoms with Gasteiger partial charge in [0.25, 0.3) is 11.7 Å². The van der Waals surface area contributed by atoms with E-state index < -0.39 is 21.7 Å². The topological polar surface area (TPSA) is 66.5 Å². The zero-order valence-electron chi connectivity index (χ0n) is 15.8. The van der Waals surface area contributed by atoms with Gasteiger partial charge >= 0.3 is 0 Å². The van der Waals surface area contributed by atoms with Crippen LogP contribution in [0.3, 0.4) is 0 Å². The van der Waals surface area contributed by atoms with Gasteiger partial charge in [-0.1, -0.05) is 36.4 Å². The number of rotatable bonds is 6. The highest BCUT2D eigenvalue weighted by molar-refractivity contribution is 7.99. The monoisotopic (exact) mass is 440 g/mol. The molecule has 0 aromatic heterocycles. The van der Waals surface area contributed by atoms with E-state index in [2.05, 4.69) is 5.32 Å². The molecule has 2 aromatic carbocycles. The standard InChI is InChI=1S/C20H22F2N2O3S2/c1-14-7-4-5-12-24(14)29(26,27)16-9-6-8-15(13-16)19(25)23-17-10-2-3-11-18(17)28-20(21)22/h2-3,6,8-11,13-14,20H,4-5,7,12H2,1H3,(H,23,25). The van der Waals surface area contributed by atoms with Gasteiger partial charge in [0.1, 0.15) is 0 Å². The van der Waals surface area contributed by atoms with Gasteiger partial charge in [-0.05, 0) is 50.1 Å². The number of alkyl halides is 2. The first kappa shape index (κ1) is 21.7. The molecule has 2 aromatic rings. The molecule has 9 heteroatoms. The highest BCUT2D eigenvalue weighted by Crippen LogP contribution is 2.32. The van der Waals surface area contributed by atoms with Crippen molar-refractivity contribution in [2.75, 3.05) is 11.9 Å². The summed E-state index contributed by atoms with van der Waals surface area (Å²) < 4.78 is 53.0. The van der Waals surface area contributed by atoms with E-state index in [4.69, 9.17) is 0 Å². The molecular formula is C20H22F2N2O3S2. The summed E-state index contributed by atoms with van der Waals surface area (Å²) in [4.78, 5) is 12.9. The van der Waals surface area contributed by atoms with E-state index in [1.807, 2.05) is 6.92 Å². The Balaban J connectivity index is 1.84. The molecule has 0 spiro atoms. The molecule has 156 valence electrons. The lowest BCUT2D eigenvalue weighted by Gasteiger charge is -2.32. The number of carbonyl (C=O) groups is 1. The van der Waals surface area contributed by atoms with Crippen molar-refractivity contribution >= 4 is 33.4 Å². The van der Waals surface area contributed by atoms with Crippen LogP contribution in [0, 0.1) is 0 Å². The number of hydrogen-bond donors (Lipinski definition) is 1. The van der Waals surface area contributed by atoms with Crippen LogP contribution in [0.2, 0.25) is 0 Å². The summed E-state index contributed by atoms with van der Waals surface area (Å²) >= 11 is 0.338. The molecule has 1 aliphatic rings. The quantitative estimate of drug-likeness (QED) is 0.654. The molecule has 1 fully saturated rings. The van der Waals surface area contributed by atoms with Crippen LogP contribution in [0.5, 0.6) is 0 Å². The van der Waals surface area contributed by atoms with E-state index in [1.165, 1.54) is 40.7 Å². The first-order valence-electron chi connectivity index (χ1n) is 9.26. The van der Waals surface area contributed by atoms with E-state index in [9.17, 15) is 22.0 Å². The molecule has 1 heterocycles. The van der Waals surface area contributed by atoms with Crippen LogP contribution in [0.4, 0.5) is 14.5 Å². The molecule has 0 bridgehead atoms. The number of halogens is 2. The fourth-order valence-electron chi connectivity index (χ4n) is 3.33.